The summed E-state index contributed by atoms with van der Waals surface area (Å²) < 4.78 is 9.50. The minimum Gasteiger partial charge on any atom is -0.453 e. The number of furan rings is 1. The van der Waals surface area contributed by atoms with Crippen LogP contribution in [0, 0.1) is 0 Å². The molecule has 4 aromatic heterocycles. The zero-order valence-electron chi connectivity index (χ0n) is 33.4. The van der Waals surface area contributed by atoms with E-state index in [2.05, 4.69) is 173 Å². The molecule has 6 nitrogen and oxygen atoms in total. The molecule has 0 N–H and O–H groups in total. The van der Waals surface area contributed by atoms with Crippen molar-refractivity contribution in [1.82, 2.24) is 24.5 Å². The topological polar surface area (TPSA) is 69.6 Å². The van der Waals surface area contributed by atoms with Crippen molar-refractivity contribution in [3.8, 4) is 73.1 Å². The van der Waals surface area contributed by atoms with Crippen molar-refractivity contribution in [3.05, 3.63) is 213 Å². The highest BCUT2D eigenvalue weighted by molar-refractivity contribution is 6.22. The van der Waals surface area contributed by atoms with Gasteiger partial charge < -0.3 is 8.98 Å². The minimum atomic E-state index is 0.515. The van der Waals surface area contributed by atoms with Crippen molar-refractivity contribution in [2.24, 2.45) is 0 Å². The van der Waals surface area contributed by atoms with E-state index in [1.54, 1.807) is 6.33 Å². The number of fused-ring (bicyclic) bond motifs is 7. The van der Waals surface area contributed by atoms with E-state index >= 15 is 0 Å². The fourth-order valence-electron chi connectivity index (χ4n) is 9.05. The number of hydrogen-bond donors (Lipinski definition) is 0. The Hall–Kier alpha value is -8.48. The summed E-state index contributed by atoms with van der Waals surface area (Å²) in [6.45, 7) is 0. The van der Waals surface area contributed by atoms with Crippen molar-refractivity contribution in [1.29, 1.82) is 0 Å². The first-order valence-corrected chi connectivity index (χ1v) is 20.7. The largest absolute Gasteiger partial charge is 0.453 e. The third kappa shape index (κ3) is 5.80. The van der Waals surface area contributed by atoms with E-state index in [9.17, 15) is 0 Å². The summed E-state index contributed by atoms with van der Waals surface area (Å²) in [6.07, 6.45) is 3.58. The van der Waals surface area contributed by atoms with E-state index in [0.29, 0.717) is 17.3 Å². The molecule has 0 saturated carbocycles. The van der Waals surface area contributed by atoms with Crippen LogP contribution in [0.5, 0.6) is 0 Å². The lowest BCUT2D eigenvalue weighted by atomic mass is 9.87. The minimum absolute atomic E-state index is 0.515. The Morgan fingerprint density at radius 1 is 0.387 bits per heavy atom. The average molecular weight is 794 g/mol. The van der Waals surface area contributed by atoms with Crippen LogP contribution in [0.4, 0.5) is 0 Å². The molecular weight excluding hydrogens is 759 g/mol. The second-order valence-electron chi connectivity index (χ2n) is 15.4. The van der Waals surface area contributed by atoms with Gasteiger partial charge in [-0.25, -0.2) is 15.0 Å². The highest BCUT2D eigenvalue weighted by Gasteiger charge is 2.24. The predicted molar refractivity (Wildman–Crippen MR) is 252 cm³/mol. The molecule has 0 atom stereocenters. The highest BCUT2D eigenvalue weighted by Crippen LogP contribution is 2.46. The van der Waals surface area contributed by atoms with Crippen molar-refractivity contribution < 1.29 is 4.42 Å². The molecule has 0 fully saturated rings. The van der Waals surface area contributed by atoms with Gasteiger partial charge in [-0.1, -0.05) is 164 Å². The van der Waals surface area contributed by atoms with Crippen LogP contribution in [0.2, 0.25) is 0 Å². The fourth-order valence-corrected chi connectivity index (χ4v) is 9.05. The summed E-state index contributed by atoms with van der Waals surface area (Å²) in [7, 11) is 0. The molecule has 0 unspecified atom stereocenters. The van der Waals surface area contributed by atoms with Crippen LogP contribution in [0.15, 0.2) is 217 Å². The van der Waals surface area contributed by atoms with E-state index in [1.807, 2.05) is 42.6 Å². The lowest BCUT2D eigenvalue weighted by Crippen LogP contribution is -2.00. The second kappa shape index (κ2) is 14.7. The zero-order valence-corrected chi connectivity index (χ0v) is 33.4. The van der Waals surface area contributed by atoms with Gasteiger partial charge >= 0.3 is 0 Å². The molecule has 0 radical (unpaired) electrons. The number of aromatic nitrogens is 5. The SMILES string of the molecule is c1ccc(-c2ncnc(-c3cc(-c4c(-c5ccccc5)cccc4-c4ccccc4)cnc3-c3cccc4c3oc3c4ccc4c5ccccc5n(-c5ccccc5)c43)n2)cc1. The molecule has 0 saturated heterocycles. The Morgan fingerprint density at radius 3 is 1.68 bits per heavy atom. The molecule has 62 heavy (non-hydrogen) atoms. The summed E-state index contributed by atoms with van der Waals surface area (Å²) in [4.78, 5) is 20.0. The molecule has 12 aromatic rings. The van der Waals surface area contributed by atoms with Crippen LogP contribution in [-0.4, -0.2) is 24.5 Å². The van der Waals surface area contributed by atoms with Gasteiger partial charge in [-0.3, -0.25) is 4.98 Å². The van der Waals surface area contributed by atoms with Gasteiger partial charge in [0.05, 0.1) is 16.7 Å². The molecule has 4 heterocycles. The third-order valence-electron chi connectivity index (χ3n) is 11.8. The number of benzene rings is 8. The standard InChI is InChI=1S/C56H35N5O/c1-5-17-36(18-6-1)41-26-15-27-42(37-19-7-2-8-20-37)50(41)39-33-48(56-59-35-58-55(60-56)38-21-9-3-10-22-38)51(57-34-39)47-29-16-28-45-46-32-31-44-43-25-13-14-30-49(43)61(40-23-11-4-12-24-40)52(44)54(46)62-53(45)47/h1-35H. The van der Waals surface area contributed by atoms with Crippen LogP contribution in [0.1, 0.15) is 0 Å². The summed E-state index contributed by atoms with van der Waals surface area (Å²) in [6, 6.07) is 69.6. The Bertz CT molecular complexity index is 3560. The van der Waals surface area contributed by atoms with Gasteiger partial charge in [-0.2, -0.15) is 0 Å². The quantitative estimate of drug-likeness (QED) is 0.161. The van der Waals surface area contributed by atoms with Crippen molar-refractivity contribution in [2.45, 2.75) is 0 Å². The number of hydrogen-bond acceptors (Lipinski definition) is 5. The first-order valence-electron chi connectivity index (χ1n) is 20.7. The van der Waals surface area contributed by atoms with E-state index in [4.69, 9.17) is 19.4 Å². The number of pyridine rings is 1. The Kier molecular flexibility index (Phi) is 8.38. The van der Waals surface area contributed by atoms with Gasteiger partial charge in [-0.05, 0) is 64.2 Å². The van der Waals surface area contributed by atoms with Crippen LogP contribution in [-0.2, 0) is 0 Å². The molecule has 0 amide bonds. The molecule has 12 rings (SSSR count). The second-order valence-corrected chi connectivity index (χ2v) is 15.4. The summed E-state index contributed by atoms with van der Waals surface area (Å²) in [5, 5.41) is 4.33. The number of rotatable bonds is 7. The van der Waals surface area contributed by atoms with Gasteiger partial charge in [0, 0.05) is 55.7 Å². The van der Waals surface area contributed by atoms with Crippen LogP contribution in [0.25, 0.3) is 117 Å². The van der Waals surface area contributed by atoms with Gasteiger partial charge in [0.2, 0.25) is 0 Å². The number of nitrogens with zero attached hydrogens (tertiary/aromatic N) is 5. The molecule has 290 valence electrons. The van der Waals surface area contributed by atoms with E-state index < -0.39 is 0 Å². The molecule has 0 aliphatic carbocycles. The van der Waals surface area contributed by atoms with Crippen molar-refractivity contribution in [3.63, 3.8) is 0 Å². The highest BCUT2D eigenvalue weighted by atomic mass is 16.3. The maximum atomic E-state index is 7.18. The third-order valence-corrected chi connectivity index (χ3v) is 11.8. The molecule has 6 heteroatoms. The smallest absolute Gasteiger partial charge is 0.165 e. The first-order chi connectivity index (χ1) is 30.8. The van der Waals surface area contributed by atoms with Crippen LogP contribution < -0.4 is 0 Å². The fraction of sp³-hybridized carbons (Fsp3) is 0. The molecule has 0 aliphatic heterocycles. The van der Waals surface area contributed by atoms with Crippen molar-refractivity contribution in [2.75, 3.05) is 0 Å². The first kappa shape index (κ1) is 35.5. The summed E-state index contributed by atoms with van der Waals surface area (Å²) in [5.41, 5.74) is 14.4. The number of para-hydroxylation sites is 3. The lowest BCUT2D eigenvalue weighted by molar-refractivity contribution is 0.672. The maximum Gasteiger partial charge on any atom is 0.165 e. The summed E-state index contributed by atoms with van der Waals surface area (Å²) >= 11 is 0. The zero-order chi connectivity index (χ0) is 41.0. The van der Waals surface area contributed by atoms with Crippen molar-refractivity contribution >= 4 is 43.7 Å². The molecular formula is C56H35N5O. The molecule has 0 spiro atoms. The predicted octanol–water partition coefficient (Wildman–Crippen LogP) is 14.3. The Balaban J connectivity index is 1.14. The maximum absolute atomic E-state index is 7.18. The van der Waals surface area contributed by atoms with Gasteiger partial charge in [0.1, 0.15) is 11.9 Å². The average Bonchev–Trinajstić information content (AvgIpc) is 3.91. The van der Waals surface area contributed by atoms with Crippen LogP contribution in [0.3, 0.4) is 0 Å². The van der Waals surface area contributed by atoms with Gasteiger partial charge in [0.15, 0.2) is 17.2 Å². The lowest BCUT2D eigenvalue weighted by Gasteiger charge is -2.18. The molecule has 0 aliphatic rings. The van der Waals surface area contributed by atoms with Crippen LogP contribution >= 0.6 is 0 Å². The summed E-state index contributed by atoms with van der Waals surface area (Å²) in [5.74, 6) is 1.10. The Labute approximate surface area is 357 Å². The molecule has 8 aromatic carbocycles. The van der Waals surface area contributed by atoms with Gasteiger partial charge in [-0.15, -0.1) is 0 Å². The monoisotopic (exact) mass is 793 g/mol. The van der Waals surface area contributed by atoms with E-state index in [1.165, 1.54) is 5.39 Å². The van der Waals surface area contributed by atoms with Gasteiger partial charge in [0.25, 0.3) is 0 Å². The normalized spacial score (nSPS) is 11.5. The Morgan fingerprint density at radius 2 is 0.952 bits per heavy atom. The molecule has 0 bridgehead atoms. The van der Waals surface area contributed by atoms with E-state index in [-0.39, 0.29) is 0 Å². The van der Waals surface area contributed by atoms with E-state index in [0.717, 1.165) is 94.1 Å².